The van der Waals surface area contributed by atoms with Crippen molar-refractivity contribution in [2.45, 2.75) is 58.8 Å². The summed E-state index contributed by atoms with van der Waals surface area (Å²) in [7, 11) is 0. The Bertz CT molecular complexity index is 1240. The summed E-state index contributed by atoms with van der Waals surface area (Å²) in [5.41, 5.74) is 1.07. The van der Waals surface area contributed by atoms with E-state index >= 15 is 0 Å². The molecule has 8 heteroatoms. The van der Waals surface area contributed by atoms with Crippen molar-refractivity contribution in [1.29, 1.82) is 0 Å². The van der Waals surface area contributed by atoms with Gasteiger partial charge in [-0.1, -0.05) is 82.4 Å². The molecule has 0 radical (unpaired) electrons. The molecular weight excluding hydrogens is 488 g/mol. The number of carboxylic acid groups (broad SMARTS) is 1. The number of carboxylic acids is 1. The first-order chi connectivity index (χ1) is 17.9. The highest BCUT2D eigenvalue weighted by molar-refractivity contribution is 8.18. The number of carbonyl (C=O) groups is 3. The summed E-state index contributed by atoms with van der Waals surface area (Å²) < 4.78 is 6.41. The number of rotatable bonds is 12. The SMILES string of the molecule is CCCCCCCCN1C(=CCC(C)C=C2SC(=O)N(CC(=O)O)C2=O)Oc2c1ccc1ccccc21. The number of thioether (sulfide) groups is 1. The van der Waals surface area contributed by atoms with E-state index in [2.05, 4.69) is 42.2 Å². The monoisotopic (exact) mass is 522 g/mol. The van der Waals surface area contributed by atoms with Crippen LogP contribution in [0.3, 0.4) is 0 Å². The number of hydrogen-bond acceptors (Lipinski definition) is 6. The van der Waals surface area contributed by atoms with Gasteiger partial charge in [-0.05, 0) is 48.1 Å². The number of ether oxygens (including phenoxy) is 1. The maximum Gasteiger partial charge on any atom is 0.323 e. The molecule has 7 nitrogen and oxygen atoms in total. The van der Waals surface area contributed by atoms with Crippen molar-refractivity contribution >= 4 is 45.3 Å². The summed E-state index contributed by atoms with van der Waals surface area (Å²) in [5.74, 6) is -0.136. The molecule has 0 saturated carbocycles. The number of imide groups is 1. The Morgan fingerprint density at radius 3 is 2.59 bits per heavy atom. The van der Waals surface area contributed by atoms with Crippen molar-refractivity contribution < 1.29 is 24.2 Å². The largest absolute Gasteiger partial charge is 0.480 e. The molecule has 2 aromatic rings. The van der Waals surface area contributed by atoms with Crippen LogP contribution < -0.4 is 9.64 Å². The number of unbranched alkanes of at least 4 members (excludes halogenated alkanes) is 5. The van der Waals surface area contributed by atoms with E-state index in [0.29, 0.717) is 6.42 Å². The van der Waals surface area contributed by atoms with Crippen LogP contribution in [-0.4, -0.2) is 40.2 Å². The number of amides is 2. The number of allylic oxidation sites excluding steroid dienone is 2. The molecule has 1 saturated heterocycles. The van der Waals surface area contributed by atoms with Crippen LogP contribution in [0, 0.1) is 5.92 Å². The van der Waals surface area contributed by atoms with Crippen molar-refractivity contribution in [3.8, 4) is 5.75 Å². The standard InChI is InChI=1S/C29H34N2O5S/c1-3-4-5-6-7-10-17-30-23-15-14-21-11-8-9-12-22(21)27(23)36-25(30)16-13-20(2)18-24-28(34)31(19-26(32)33)29(35)37-24/h8-9,11-12,14-16,18,20H,3-7,10,13,17,19H2,1-2H3,(H,32,33). The third-order valence-electron chi connectivity index (χ3n) is 6.62. The zero-order valence-electron chi connectivity index (χ0n) is 21.4. The number of fused-ring (bicyclic) bond motifs is 3. The summed E-state index contributed by atoms with van der Waals surface area (Å²) >= 11 is 0.794. The van der Waals surface area contributed by atoms with Crippen LogP contribution >= 0.6 is 11.8 Å². The zero-order chi connectivity index (χ0) is 26.4. The van der Waals surface area contributed by atoms with Crippen LogP contribution in [0.1, 0.15) is 58.8 Å². The number of benzene rings is 2. The van der Waals surface area contributed by atoms with E-state index in [1.807, 2.05) is 19.1 Å². The molecular formula is C29H34N2O5S. The number of anilines is 1. The van der Waals surface area contributed by atoms with Gasteiger partial charge < -0.3 is 14.7 Å². The molecule has 2 heterocycles. The summed E-state index contributed by atoms with van der Waals surface area (Å²) in [4.78, 5) is 38.8. The fraction of sp³-hybridized carbons (Fsp3) is 0.414. The maximum atomic E-state index is 12.5. The maximum absolute atomic E-state index is 12.5. The number of hydrogen-bond donors (Lipinski definition) is 1. The van der Waals surface area contributed by atoms with Gasteiger partial charge in [0.1, 0.15) is 6.54 Å². The topological polar surface area (TPSA) is 87.2 Å². The van der Waals surface area contributed by atoms with Crippen molar-refractivity contribution in [3.63, 3.8) is 0 Å². The van der Waals surface area contributed by atoms with E-state index in [4.69, 9.17) is 9.84 Å². The van der Waals surface area contributed by atoms with Crippen molar-refractivity contribution in [1.82, 2.24) is 4.90 Å². The van der Waals surface area contributed by atoms with Gasteiger partial charge in [0, 0.05) is 11.9 Å². The van der Waals surface area contributed by atoms with Gasteiger partial charge in [0.15, 0.2) is 11.6 Å². The number of carbonyl (C=O) groups excluding carboxylic acids is 2. The van der Waals surface area contributed by atoms with Gasteiger partial charge in [-0.2, -0.15) is 0 Å². The third kappa shape index (κ3) is 6.36. The highest BCUT2D eigenvalue weighted by atomic mass is 32.2. The first-order valence-corrected chi connectivity index (χ1v) is 13.8. The smallest absolute Gasteiger partial charge is 0.323 e. The summed E-state index contributed by atoms with van der Waals surface area (Å²) in [5, 5.41) is 10.6. The highest BCUT2D eigenvalue weighted by Crippen LogP contribution is 2.44. The molecule has 37 heavy (non-hydrogen) atoms. The minimum atomic E-state index is -1.21. The Labute approximate surface area is 222 Å². The minimum absolute atomic E-state index is 0.0449. The van der Waals surface area contributed by atoms with Gasteiger partial charge in [0.05, 0.1) is 10.6 Å². The van der Waals surface area contributed by atoms with Crippen LogP contribution in [0.15, 0.2) is 59.3 Å². The van der Waals surface area contributed by atoms with Crippen molar-refractivity contribution in [3.05, 3.63) is 59.3 Å². The Balaban J connectivity index is 1.49. The average molecular weight is 523 g/mol. The summed E-state index contributed by atoms with van der Waals surface area (Å²) in [6.07, 6.45) is 11.7. The van der Waals surface area contributed by atoms with Gasteiger partial charge in [-0.15, -0.1) is 0 Å². The van der Waals surface area contributed by atoms with Gasteiger partial charge in [-0.25, -0.2) is 0 Å². The lowest BCUT2D eigenvalue weighted by molar-refractivity contribution is -0.140. The molecule has 1 atom stereocenters. The van der Waals surface area contributed by atoms with E-state index in [1.165, 1.54) is 32.1 Å². The first kappa shape index (κ1) is 26.8. The zero-order valence-corrected chi connectivity index (χ0v) is 22.3. The average Bonchev–Trinajstić information content (AvgIpc) is 3.36. The minimum Gasteiger partial charge on any atom is -0.480 e. The van der Waals surface area contributed by atoms with E-state index in [0.717, 1.165) is 57.7 Å². The molecule has 0 bridgehead atoms. The van der Waals surface area contributed by atoms with Crippen LogP contribution in [0.5, 0.6) is 5.75 Å². The molecule has 196 valence electrons. The second-order valence-corrected chi connectivity index (χ2v) is 10.6. The predicted molar refractivity (Wildman–Crippen MR) is 148 cm³/mol. The fourth-order valence-electron chi connectivity index (χ4n) is 4.66. The van der Waals surface area contributed by atoms with Gasteiger partial charge in [0.25, 0.3) is 11.1 Å². The van der Waals surface area contributed by atoms with Crippen LogP contribution in [0.4, 0.5) is 10.5 Å². The summed E-state index contributed by atoms with van der Waals surface area (Å²) in [6, 6.07) is 12.5. The molecule has 2 aliphatic heterocycles. The Morgan fingerprint density at radius 1 is 1.05 bits per heavy atom. The lowest BCUT2D eigenvalue weighted by atomic mass is 10.1. The van der Waals surface area contributed by atoms with Gasteiger partial charge in [-0.3, -0.25) is 19.3 Å². The lowest BCUT2D eigenvalue weighted by Crippen LogP contribution is -2.33. The van der Waals surface area contributed by atoms with E-state index in [1.54, 1.807) is 6.08 Å². The molecule has 1 N–H and O–H groups in total. The Morgan fingerprint density at radius 2 is 1.81 bits per heavy atom. The number of nitrogens with zero attached hydrogens (tertiary/aromatic N) is 2. The van der Waals surface area contributed by atoms with Crippen molar-refractivity contribution in [2.75, 3.05) is 18.0 Å². The number of aliphatic carboxylic acids is 1. The second kappa shape index (κ2) is 12.3. The van der Waals surface area contributed by atoms with Gasteiger partial charge in [0.2, 0.25) is 0 Å². The molecule has 0 spiro atoms. The molecule has 0 aromatic heterocycles. The second-order valence-electron chi connectivity index (χ2n) is 9.60. The van der Waals surface area contributed by atoms with E-state index in [-0.39, 0.29) is 10.8 Å². The highest BCUT2D eigenvalue weighted by Gasteiger charge is 2.36. The summed E-state index contributed by atoms with van der Waals surface area (Å²) in [6.45, 7) is 4.44. The Kier molecular flexibility index (Phi) is 8.92. The van der Waals surface area contributed by atoms with Crippen LogP contribution in [-0.2, 0) is 9.59 Å². The Hall–Kier alpha value is -3.26. The third-order valence-corrected chi connectivity index (χ3v) is 7.55. The lowest BCUT2D eigenvalue weighted by Gasteiger charge is -2.19. The van der Waals surface area contributed by atoms with Crippen LogP contribution in [0.2, 0.25) is 0 Å². The van der Waals surface area contributed by atoms with E-state index in [9.17, 15) is 14.4 Å². The first-order valence-electron chi connectivity index (χ1n) is 13.0. The van der Waals surface area contributed by atoms with Crippen LogP contribution in [0.25, 0.3) is 10.8 Å². The molecule has 1 unspecified atom stereocenters. The molecule has 2 aromatic carbocycles. The molecule has 2 aliphatic rings. The predicted octanol–water partition coefficient (Wildman–Crippen LogP) is 6.93. The molecule has 4 rings (SSSR count). The molecule has 1 fully saturated rings. The van der Waals surface area contributed by atoms with Gasteiger partial charge >= 0.3 is 5.97 Å². The molecule has 2 amide bonds. The normalized spacial score (nSPS) is 18.2. The van der Waals surface area contributed by atoms with E-state index < -0.39 is 23.7 Å². The fourth-order valence-corrected chi connectivity index (χ4v) is 5.60. The molecule has 0 aliphatic carbocycles. The quantitative estimate of drug-likeness (QED) is 0.239. The van der Waals surface area contributed by atoms with Crippen molar-refractivity contribution in [2.24, 2.45) is 5.92 Å².